The highest BCUT2D eigenvalue weighted by Crippen LogP contribution is 2.27. The molecular weight excluding hydrogens is 248 g/mol. The first-order chi connectivity index (χ1) is 8.88. The molecule has 6 heteroatoms. The third kappa shape index (κ3) is 2.89. The summed E-state index contributed by atoms with van der Waals surface area (Å²) in [6.45, 7) is 5.67. The summed E-state index contributed by atoms with van der Waals surface area (Å²) in [6.07, 6.45) is 1.72. The number of aromatic carboxylic acids is 1. The van der Waals surface area contributed by atoms with Gasteiger partial charge in [-0.2, -0.15) is 5.10 Å². The van der Waals surface area contributed by atoms with Gasteiger partial charge in [0, 0.05) is 19.9 Å². The average molecular weight is 268 g/mol. The molecule has 2 unspecified atom stereocenters. The molecule has 1 aliphatic heterocycles. The molecule has 2 heterocycles. The highest BCUT2D eigenvalue weighted by Gasteiger charge is 2.29. The van der Waals surface area contributed by atoms with Gasteiger partial charge >= 0.3 is 5.97 Å². The van der Waals surface area contributed by atoms with Crippen molar-refractivity contribution in [2.75, 3.05) is 0 Å². The van der Waals surface area contributed by atoms with E-state index in [-0.39, 0.29) is 23.9 Å². The molecule has 1 fully saturated rings. The fourth-order valence-electron chi connectivity index (χ4n) is 2.62. The van der Waals surface area contributed by atoms with Crippen molar-refractivity contribution in [1.29, 1.82) is 0 Å². The van der Waals surface area contributed by atoms with Gasteiger partial charge in [0.15, 0.2) is 0 Å². The fraction of sp³-hybridized carbons (Fsp3) is 0.692. The molecule has 0 spiro atoms. The van der Waals surface area contributed by atoms with Crippen molar-refractivity contribution in [2.45, 2.75) is 51.9 Å². The summed E-state index contributed by atoms with van der Waals surface area (Å²) in [5.41, 5.74) is 0.618. The van der Waals surface area contributed by atoms with E-state index in [1.54, 1.807) is 14.0 Å². The van der Waals surface area contributed by atoms with E-state index in [9.17, 15) is 9.90 Å². The first-order valence-corrected chi connectivity index (χ1v) is 6.47. The Morgan fingerprint density at radius 1 is 1.42 bits per heavy atom. The van der Waals surface area contributed by atoms with Crippen LogP contribution in [0.15, 0.2) is 0 Å². The Labute approximate surface area is 112 Å². The second kappa shape index (κ2) is 5.21. The number of ether oxygens (including phenoxy) is 2. The lowest BCUT2D eigenvalue weighted by atomic mass is 10.0. The van der Waals surface area contributed by atoms with Crippen molar-refractivity contribution in [3.63, 3.8) is 0 Å². The molecule has 1 aliphatic rings. The molecule has 0 radical (unpaired) electrons. The number of carboxylic acid groups (broad SMARTS) is 1. The van der Waals surface area contributed by atoms with Gasteiger partial charge in [0.05, 0.1) is 17.9 Å². The molecule has 0 aromatic carbocycles. The van der Waals surface area contributed by atoms with E-state index in [2.05, 4.69) is 5.10 Å². The van der Waals surface area contributed by atoms with Crippen LogP contribution in [0.1, 0.15) is 42.7 Å². The van der Waals surface area contributed by atoms with Crippen LogP contribution in [-0.2, 0) is 11.8 Å². The van der Waals surface area contributed by atoms with Gasteiger partial charge in [0.2, 0.25) is 5.88 Å². The Hall–Kier alpha value is -1.56. The summed E-state index contributed by atoms with van der Waals surface area (Å²) in [6, 6.07) is 0. The summed E-state index contributed by atoms with van der Waals surface area (Å²) >= 11 is 0. The molecule has 0 amide bonds. The van der Waals surface area contributed by atoms with Gasteiger partial charge in [0.25, 0.3) is 0 Å². The van der Waals surface area contributed by atoms with E-state index in [0.29, 0.717) is 11.6 Å². The molecule has 1 saturated heterocycles. The predicted molar refractivity (Wildman–Crippen MR) is 68.6 cm³/mol. The van der Waals surface area contributed by atoms with Crippen LogP contribution in [-0.4, -0.2) is 39.2 Å². The molecule has 0 aliphatic carbocycles. The lowest BCUT2D eigenvalue weighted by Crippen LogP contribution is -2.36. The maximum absolute atomic E-state index is 11.3. The van der Waals surface area contributed by atoms with Gasteiger partial charge in [-0.3, -0.25) is 0 Å². The zero-order chi connectivity index (χ0) is 14.2. The second-order valence-corrected chi connectivity index (χ2v) is 5.16. The van der Waals surface area contributed by atoms with Crippen LogP contribution >= 0.6 is 0 Å². The van der Waals surface area contributed by atoms with Crippen LogP contribution in [0, 0.1) is 6.92 Å². The Balaban J connectivity index is 2.21. The molecule has 1 aromatic heterocycles. The zero-order valence-corrected chi connectivity index (χ0v) is 11.7. The Kier molecular flexibility index (Phi) is 3.80. The van der Waals surface area contributed by atoms with E-state index in [1.807, 2.05) is 13.8 Å². The molecule has 2 rings (SSSR count). The third-order valence-corrected chi connectivity index (χ3v) is 3.32. The molecule has 1 aromatic rings. The number of nitrogens with zero attached hydrogens (tertiary/aromatic N) is 2. The number of hydrogen-bond acceptors (Lipinski definition) is 4. The molecule has 19 heavy (non-hydrogen) atoms. The average Bonchev–Trinajstić information content (AvgIpc) is 2.52. The molecule has 106 valence electrons. The summed E-state index contributed by atoms with van der Waals surface area (Å²) in [5, 5.41) is 13.4. The number of rotatable bonds is 3. The highest BCUT2D eigenvalue weighted by molar-refractivity contribution is 5.91. The summed E-state index contributed by atoms with van der Waals surface area (Å²) < 4.78 is 13.0. The fourth-order valence-corrected chi connectivity index (χ4v) is 2.62. The van der Waals surface area contributed by atoms with Crippen LogP contribution in [0.25, 0.3) is 0 Å². The van der Waals surface area contributed by atoms with E-state index in [4.69, 9.17) is 9.47 Å². The van der Waals surface area contributed by atoms with Gasteiger partial charge in [-0.1, -0.05) is 0 Å². The van der Waals surface area contributed by atoms with Crippen LogP contribution in [0.4, 0.5) is 0 Å². The predicted octanol–water partition coefficient (Wildman–Crippen LogP) is 1.76. The maximum atomic E-state index is 11.3. The normalized spacial score (nSPS) is 27.3. The van der Waals surface area contributed by atoms with Crippen molar-refractivity contribution >= 4 is 5.97 Å². The number of hydrogen-bond donors (Lipinski definition) is 1. The van der Waals surface area contributed by atoms with Crippen molar-refractivity contribution in [2.24, 2.45) is 7.05 Å². The maximum Gasteiger partial charge on any atom is 0.343 e. The van der Waals surface area contributed by atoms with Crippen LogP contribution in [0.3, 0.4) is 0 Å². The van der Waals surface area contributed by atoms with Crippen molar-refractivity contribution in [3.8, 4) is 5.88 Å². The first-order valence-electron chi connectivity index (χ1n) is 6.47. The monoisotopic (exact) mass is 268 g/mol. The number of aromatic nitrogens is 2. The van der Waals surface area contributed by atoms with Crippen molar-refractivity contribution in [3.05, 3.63) is 11.3 Å². The molecule has 2 atom stereocenters. The van der Waals surface area contributed by atoms with Crippen molar-refractivity contribution < 1.29 is 19.4 Å². The van der Waals surface area contributed by atoms with Gasteiger partial charge in [0.1, 0.15) is 11.7 Å². The smallest absolute Gasteiger partial charge is 0.343 e. The van der Waals surface area contributed by atoms with Crippen molar-refractivity contribution in [1.82, 2.24) is 9.78 Å². The van der Waals surface area contributed by atoms with Crippen LogP contribution in [0.2, 0.25) is 0 Å². The largest absolute Gasteiger partial charge is 0.477 e. The minimum Gasteiger partial charge on any atom is -0.477 e. The van der Waals surface area contributed by atoms with E-state index < -0.39 is 5.97 Å². The molecular formula is C13H20N2O4. The quantitative estimate of drug-likeness (QED) is 0.904. The van der Waals surface area contributed by atoms with Gasteiger partial charge in [-0.15, -0.1) is 0 Å². The van der Waals surface area contributed by atoms with E-state index in [1.165, 1.54) is 4.68 Å². The number of carboxylic acids is 1. The number of carbonyl (C=O) groups is 1. The number of aryl methyl sites for hydroxylation is 2. The minimum atomic E-state index is -1.01. The third-order valence-electron chi connectivity index (χ3n) is 3.32. The Morgan fingerprint density at radius 2 is 2.00 bits per heavy atom. The highest BCUT2D eigenvalue weighted by atomic mass is 16.5. The molecule has 1 N–H and O–H groups in total. The summed E-state index contributed by atoms with van der Waals surface area (Å²) in [7, 11) is 1.70. The molecule has 0 saturated carbocycles. The summed E-state index contributed by atoms with van der Waals surface area (Å²) in [4.78, 5) is 11.3. The standard InChI is InChI=1S/C13H20N2O4/c1-7-5-10(6-8(2)18-7)19-12-11(13(16)17)9(3)14-15(12)4/h7-8,10H,5-6H2,1-4H3,(H,16,17). The van der Waals surface area contributed by atoms with Gasteiger partial charge in [-0.25, -0.2) is 9.48 Å². The Bertz CT molecular complexity index is 473. The van der Waals surface area contributed by atoms with E-state index >= 15 is 0 Å². The molecule has 0 bridgehead atoms. The van der Waals surface area contributed by atoms with Crippen LogP contribution < -0.4 is 4.74 Å². The SMILES string of the molecule is Cc1nn(C)c(OC2CC(C)OC(C)C2)c1C(=O)O. The lowest BCUT2D eigenvalue weighted by molar-refractivity contribution is -0.0737. The summed E-state index contributed by atoms with van der Waals surface area (Å²) in [5.74, 6) is -0.676. The first kappa shape index (κ1) is 13.9. The second-order valence-electron chi connectivity index (χ2n) is 5.16. The minimum absolute atomic E-state index is 0.0355. The molecule has 6 nitrogen and oxygen atoms in total. The van der Waals surface area contributed by atoms with Gasteiger partial charge < -0.3 is 14.6 Å². The van der Waals surface area contributed by atoms with Crippen LogP contribution in [0.5, 0.6) is 5.88 Å². The topological polar surface area (TPSA) is 73.6 Å². The van der Waals surface area contributed by atoms with E-state index in [0.717, 1.165) is 12.8 Å². The zero-order valence-electron chi connectivity index (χ0n) is 11.7. The Morgan fingerprint density at radius 3 is 2.53 bits per heavy atom. The van der Waals surface area contributed by atoms with Gasteiger partial charge in [-0.05, 0) is 20.8 Å². The lowest BCUT2D eigenvalue weighted by Gasteiger charge is -2.32.